The summed E-state index contributed by atoms with van der Waals surface area (Å²) in [4.78, 5) is 0. The van der Waals surface area contributed by atoms with Crippen molar-refractivity contribution in [1.82, 2.24) is 5.32 Å². The Bertz CT molecular complexity index is 2690. The Hall–Kier alpha value is -6.74. The van der Waals surface area contributed by atoms with Crippen LogP contribution in [0.15, 0.2) is 206 Å². The van der Waals surface area contributed by atoms with Gasteiger partial charge in [0.25, 0.3) is 0 Å². The average Bonchev–Trinajstić information content (AvgIpc) is 3.25. The van der Waals surface area contributed by atoms with Gasteiger partial charge in [-0.1, -0.05) is 176 Å². The molecule has 0 aliphatic rings. The molecule has 0 saturated heterocycles. The first-order chi connectivity index (χ1) is 26.7. The molecule has 2 nitrogen and oxygen atoms in total. The van der Waals surface area contributed by atoms with Crippen molar-refractivity contribution in [3.8, 4) is 33.4 Å². The summed E-state index contributed by atoms with van der Waals surface area (Å²) in [5.74, 6) is 0. The van der Waals surface area contributed by atoms with Crippen molar-refractivity contribution in [2.24, 2.45) is 5.73 Å². The van der Waals surface area contributed by atoms with E-state index in [4.69, 9.17) is 5.73 Å². The highest BCUT2D eigenvalue weighted by Crippen LogP contribution is 2.39. The maximum atomic E-state index is 6.89. The van der Waals surface area contributed by atoms with Crippen LogP contribution < -0.4 is 11.1 Å². The molecule has 9 aromatic carbocycles. The molecule has 0 amide bonds. The van der Waals surface area contributed by atoms with Gasteiger partial charge < -0.3 is 11.1 Å². The molecule has 0 radical (unpaired) electrons. The maximum Gasteiger partial charge on any atom is 0.0504 e. The Balaban J connectivity index is 1.10. The molecular weight excluding hydrogens is 653 g/mol. The first kappa shape index (κ1) is 33.1. The van der Waals surface area contributed by atoms with Crippen LogP contribution in [0.25, 0.3) is 71.4 Å². The van der Waals surface area contributed by atoms with E-state index in [0.717, 1.165) is 28.0 Å². The van der Waals surface area contributed by atoms with Crippen LogP contribution in [0.3, 0.4) is 0 Å². The predicted molar refractivity (Wildman–Crippen MR) is 230 cm³/mol. The van der Waals surface area contributed by atoms with Crippen LogP contribution in [0.4, 0.5) is 0 Å². The van der Waals surface area contributed by atoms with E-state index in [-0.39, 0.29) is 6.04 Å². The van der Waals surface area contributed by atoms with Crippen molar-refractivity contribution in [2.75, 3.05) is 0 Å². The molecule has 2 heteroatoms. The van der Waals surface area contributed by atoms with Gasteiger partial charge in [0.05, 0.1) is 6.04 Å². The molecule has 0 heterocycles. The first-order valence-corrected chi connectivity index (χ1v) is 18.6. The van der Waals surface area contributed by atoms with Crippen LogP contribution in [0.5, 0.6) is 0 Å². The molecule has 0 spiro atoms. The summed E-state index contributed by atoms with van der Waals surface area (Å²) < 4.78 is 0. The van der Waals surface area contributed by atoms with Crippen LogP contribution in [0, 0.1) is 0 Å². The molecule has 54 heavy (non-hydrogen) atoms. The van der Waals surface area contributed by atoms with Crippen LogP contribution in [0.1, 0.15) is 22.7 Å². The van der Waals surface area contributed by atoms with E-state index in [9.17, 15) is 0 Å². The highest BCUT2D eigenvalue weighted by Gasteiger charge is 2.14. The summed E-state index contributed by atoms with van der Waals surface area (Å²) in [5, 5.41) is 11.4. The number of fused-ring (bicyclic) bond motifs is 4. The number of hydrogen-bond acceptors (Lipinski definition) is 2. The molecular formula is C52H40N2. The van der Waals surface area contributed by atoms with Crippen molar-refractivity contribution in [2.45, 2.75) is 12.6 Å². The summed E-state index contributed by atoms with van der Waals surface area (Å²) in [6, 6.07) is 71.4. The number of nitrogens with two attached hydrogens (primary N) is 1. The van der Waals surface area contributed by atoms with Gasteiger partial charge in [0.2, 0.25) is 0 Å². The third kappa shape index (κ3) is 6.67. The molecule has 1 atom stereocenters. The quantitative estimate of drug-likeness (QED) is 0.117. The monoisotopic (exact) mass is 692 g/mol. The van der Waals surface area contributed by atoms with Gasteiger partial charge in [0, 0.05) is 12.2 Å². The van der Waals surface area contributed by atoms with Crippen molar-refractivity contribution in [3.63, 3.8) is 0 Å². The Kier molecular flexibility index (Phi) is 9.02. The standard InChI is InChI=1S/C52H40N2/c53-50(40-19-8-3-9-20-40)34-51(45-31-43(37-14-4-1-5-15-37)30-44(32-45)38-16-6-2-7-17-38)54-35-36-24-26-41(27-25-36)52-47-23-13-11-21-42(47)33-49-46-22-12-10-18-39(46)28-29-48(49)52/h1-34,50,54H,35,53H2/b51-34-. The maximum absolute atomic E-state index is 6.89. The molecule has 0 fully saturated rings. The average molecular weight is 693 g/mol. The van der Waals surface area contributed by atoms with Gasteiger partial charge in [-0.25, -0.2) is 0 Å². The Labute approximate surface area is 316 Å². The molecule has 0 aliphatic carbocycles. The third-order valence-corrected chi connectivity index (χ3v) is 10.5. The number of rotatable bonds is 9. The molecule has 258 valence electrons. The molecule has 0 aliphatic heterocycles. The predicted octanol–water partition coefficient (Wildman–Crippen LogP) is 13.0. The van der Waals surface area contributed by atoms with Crippen LogP contribution in [-0.2, 0) is 6.54 Å². The lowest BCUT2D eigenvalue weighted by molar-refractivity contribution is 0.858. The molecule has 0 saturated carbocycles. The van der Waals surface area contributed by atoms with Crippen molar-refractivity contribution in [1.29, 1.82) is 0 Å². The van der Waals surface area contributed by atoms with Gasteiger partial charge >= 0.3 is 0 Å². The lowest BCUT2D eigenvalue weighted by Gasteiger charge is -2.18. The SMILES string of the molecule is NC(/C=C(\NCc1ccc(-c2c3ccccc3cc3c2ccc2ccccc23)cc1)c1cc(-c2ccccc2)cc(-c2ccccc2)c1)c1ccccc1. The minimum absolute atomic E-state index is 0.285. The van der Waals surface area contributed by atoms with E-state index in [1.54, 1.807) is 0 Å². The molecule has 0 bridgehead atoms. The van der Waals surface area contributed by atoms with Gasteiger partial charge in [-0.2, -0.15) is 0 Å². The lowest BCUT2D eigenvalue weighted by atomic mass is 9.89. The fourth-order valence-corrected chi connectivity index (χ4v) is 7.70. The van der Waals surface area contributed by atoms with Crippen molar-refractivity contribution >= 4 is 38.0 Å². The number of hydrogen-bond donors (Lipinski definition) is 2. The molecule has 9 aromatic rings. The van der Waals surface area contributed by atoms with E-state index < -0.39 is 0 Å². The normalized spacial score (nSPS) is 12.3. The zero-order valence-electron chi connectivity index (χ0n) is 30.0. The number of nitrogens with one attached hydrogen (secondary N) is 1. The van der Waals surface area contributed by atoms with Crippen LogP contribution >= 0.6 is 0 Å². The van der Waals surface area contributed by atoms with E-state index in [1.807, 2.05) is 18.2 Å². The Morgan fingerprint density at radius 1 is 0.444 bits per heavy atom. The van der Waals surface area contributed by atoms with Crippen LogP contribution in [0.2, 0.25) is 0 Å². The van der Waals surface area contributed by atoms with Gasteiger partial charge in [0.1, 0.15) is 0 Å². The van der Waals surface area contributed by atoms with E-state index in [2.05, 4.69) is 193 Å². The van der Waals surface area contributed by atoms with E-state index >= 15 is 0 Å². The third-order valence-electron chi connectivity index (χ3n) is 10.5. The minimum Gasteiger partial charge on any atom is -0.381 e. The largest absolute Gasteiger partial charge is 0.381 e. The zero-order chi connectivity index (χ0) is 36.3. The second-order valence-corrected chi connectivity index (χ2v) is 14.0. The summed E-state index contributed by atoms with van der Waals surface area (Å²) >= 11 is 0. The second-order valence-electron chi connectivity index (χ2n) is 14.0. The number of benzene rings is 9. The summed E-state index contributed by atoms with van der Waals surface area (Å²) in [7, 11) is 0. The topological polar surface area (TPSA) is 38.0 Å². The Morgan fingerprint density at radius 3 is 1.69 bits per heavy atom. The molecule has 1 unspecified atom stereocenters. The zero-order valence-corrected chi connectivity index (χ0v) is 30.0. The summed E-state index contributed by atoms with van der Waals surface area (Å²) in [5.41, 5.74) is 18.4. The van der Waals surface area contributed by atoms with Crippen LogP contribution in [-0.4, -0.2) is 0 Å². The first-order valence-electron chi connectivity index (χ1n) is 18.6. The van der Waals surface area contributed by atoms with Gasteiger partial charge in [-0.15, -0.1) is 0 Å². The fraction of sp³-hybridized carbons (Fsp3) is 0.0385. The van der Waals surface area contributed by atoms with E-state index in [0.29, 0.717) is 6.54 Å². The highest BCUT2D eigenvalue weighted by molar-refractivity contribution is 6.20. The van der Waals surface area contributed by atoms with Crippen molar-refractivity contribution < 1.29 is 0 Å². The minimum atomic E-state index is -0.285. The van der Waals surface area contributed by atoms with Crippen molar-refractivity contribution in [3.05, 3.63) is 223 Å². The molecule has 3 N–H and O–H groups in total. The Morgan fingerprint density at radius 2 is 1.02 bits per heavy atom. The summed E-state index contributed by atoms with van der Waals surface area (Å²) in [6.45, 7) is 0.644. The van der Waals surface area contributed by atoms with E-state index in [1.165, 1.54) is 60.1 Å². The van der Waals surface area contributed by atoms with Gasteiger partial charge in [-0.3, -0.25) is 0 Å². The van der Waals surface area contributed by atoms with Gasteiger partial charge in [-0.05, 0) is 113 Å². The fourth-order valence-electron chi connectivity index (χ4n) is 7.70. The highest BCUT2D eigenvalue weighted by atomic mass is 14.9. The smallest absolute Gasteiger partial charge is 0.0504 e. The van der Waals surface area contributed by atoms with Gasteiger partial charge in [0.15, 0.2) is 0 Å². The summed E-state index contributed by atoms with van der Waals surface area (Å²) in [6.07, 6.45) is 2.16. The molecule has 0 aromatic heterocycles. The lowest BCUT2D eigenvalue weighted by Crippen LogP contribution is -2.16. The second kappa shape index (κ2) is 14.7. The molecule has 9 rings (SSSR count).